The number of aryl methyl sites for hydroxylation is 1. The average Bonchev–Trinajstić information content (AvgIpc) is 2.39. The van der Waals surface area contributed by atoms with Crippen LogP contribution >= 0.6 is 11.6 Å². The Morgan fingerprint density at radius 3 is 2.74 bits per heavy atom. The molecule has 0 saturated heterocycles. The fourth-order valence-electron chi connectivity index (χ4n) is 1.89. The molecule has 1 aromatic carbocycles. The molecule has 0 atom stereocenters. The molecule has 0 spiro atoms. The van der Waals surface area contributed by atoms with Crippen molar-refractivity contribution in [3.05, 3.63) is 57.2 Å². The third-order valence-corrected chi connectivity index (χ3v) is 3.16. The molecule has 0 N–H and O–H groups in total. The van der Waals surface area contributed by atoms with Gasteiger partial charge in [-0.05, 0) is 25.1 Å². The van der Waals surface area contributed by atoms with Gasteiger partial charge in [0.1, 0.15) is 17.4 Å². The van der Waals surface area contributed by atoms with Gasteiger partial charge < -0.3 is 4.57 Å². The van der Waals surface area contributed by atoms with Gasteiger partial charge in [0, 0.05) is 23.9 Å². The molecule has 0 aliphatic rings. The van der Waals surface area contributed by atoms with Gasteiger partial charge in [0.2, 0.25) is 0 Å². The Hall–Kier alpha value is -2.12. The zero-order chi connectivity index (χ0) is 14.0. The summed E-state index contributed by atoms with van der Waals surface area (Å²) in [6, 6.07) is 7.61. The zero-order valence-electron chi connectivity index (χ0n) is 10.2. The summed E-state index contributed by atoms with van der Waals surface area (Å²) in [5.74, 6) is -0.558. The Labute approximate surface area is 114 Å². The van der Waals surface area contributed by atoms with Crippen molar-refractivity contribution < 1.29 is 4.39 Å². The van der Waals surface area contributed by atoms with E-state index in [9.17, 15) is 9.18 Å². The third kappa shape index (κ3) is 2.25. The first-order chi connectivity index (χ1) is 9.10. The summed E-state index contributed by atoms with van der Waals surface area (Å²) in [6.45, 7) is 2.23. The van der Waals surface area contributed by atoms with Crippen LogP contribution in [0.5, 0.6) is 0 Å². The first-order valence-corrected chi connectivity index (χ1v) is 6.05. The van der Waals surface area contributed by atoms with Crippen LogP contribution in [0.1, 0.15) is 12.5 Å². The summed E-state index contributed by atoms with van der Waals surface area (Å²) in [6.07, 6.45) is 1.53. The molecule has 0 fully saturated rings. The Morgan fingerprint density at radius 2 is 2.16 bits per heavy atom. The van der Waals surface area contributed by atoms with Crippen molar-refractivity contribution in [3.8, 4) is 17.2 Å². The van der Waals surface area contributed by atoms with Crippen molar-refractivity contribution in [2.24, 2.45) is 0 Å². The lowest BCUT2D eigenvalue weighted by atomic mass is 10.0. The predicted molar refractivity (Wildman–Crippen MR) is 71.5 cm³/mol. The Kier molecular flexibility index (Phi) is 3.68. The molecule has 19 heavy (non-hydrogen) atoms. The molecule has 96 valence electrons. The molecule has 0 radical (unpaired) electrons. The van der Waals surface area contributed by atoms with E-state index >= 15 is 0 Å². The molecule has 1 heterocycles. The molecule has 2 aromatic rings. The van der Waals surface area contributed by atoms with E-state index in [4.69, 9.17) is 16.9 Å². The molecular formula is C14H10ClFN2O. The highest BCUT2D eigenvalue weighted by atomic mass is 35.5. The lowest BCUT2D eigenvalue weighted by Gasteiger charge is -2.09. The van der Waals surface area contributed by atoms with Gasteiger partial charge in [-0.1, -0.05) is 17.7 Å². The summed E-state index contributed by atoms with van der Waals surface area (Å²) in [4.78, 5) is 12.0. The minimum atomic E-state index is -0.558. The van der Waals surface area contributed by atoms with Crippen molar-refractivity contribution in [1.82, 2.24) is 4.57 Å². The number of nitriles is 1. The Balaban J connectivity index is 2.82. The van der Waals surface area contributed by atoms with Crippen LogP contribution in [-0.4, -0.2) is 4.57 Å². The van der Waals surface area contributed by atoms with Crippen LogP contribution in [0.15, 0.2) is 35.3 Å². The molecule has 5 heteroatoms. The molecule has 2 rings (SSSR count). The molecule has 0 aliphatic heterocycles. The number of nitrogens with zero attached hydrogens (tertiary/aromatic N) is 2. The Morgan fingerprint density at radius 1 is 1.42 bits per heavy atom. The normalized spacial score (nSPS) is 10.2. The summed E-state index contributed by atoms with van der Waals surface area (Å²) in [5, 5.41) is 9.30. The second kappa shape index (κ2) is 5.25. The summed E-state index contributed by atoms with van der Waals surface area (Å²) >= 11 is 5.96. The van der Waals surface area contributed by atoms with Crippen molar-refractivity contribution in [1.29, 1.82) is 5.26 Å². The van der Waals surface area contributed by atoms with E-state index in [2.05, 4.69) is 0 Å². The number of pyridine rings is 1. The van der Waals surface area contributed by atoms with Gasteiger partial charge in [0.05, 0.1) is 5.02 Å². The number of hydrogen-bond donors (Lipinski definition) is 0. The van der Waals surface area contributed by atoms with Crippen LogP contribution in [0.4, 0.5) is 4.39 Å². The number of rotatable bonds is 2. The van der Waals surface area contributed by atoms with Crippen LogP contribution in [0.3, 0.4) is 0 Å². The summed E-state index contributed by atoms with van der Waals surface area (Å²) in [5.41, 5.74) is -0.237. The number of hydrogen-bond acceptors (Lipinski definition) is 2. The first-order valence-electron chi connectivity index (χ1n) is 5.68. The van der Waals surface area contributed by atoms with E-state index in [0.29, 0.717) is 6.54 Å². The second-order valence-corrected chi connectivity index (χ2v) is 4.31. The maximum Gasteiger partial charge on any atom is 0.269 e. The number of aromatic nitrogens is 1. The molecule has 0 amide bonds. The molecule has 0 aliphatic carbocycles. The van der Waals surface area contributed by atoms with Crippen molar-refractivity contribution in [2.45, 2.75) is 13.5 Å². The van der Waals surface area contributed by atoms with Crippen LogP contribution < -0.4 is 5.56 Å². The monoisotopic (exact) mass is 276 g/mol. The fourth-order valence-corrected chi connectivity index (χ4v) is 2.16. The number of benzene rings is 1. The lowest BCUT2D eigenvalue weighted by Crippen LogP contribution is -2.22. The highest BCUT2D eigenvalue weighted by Crippen LogP contribution is 2.31. The van der Waals surface area contributed by atoms with Crippen molar-refractivity contribution in [2.75, 3.05) is 0 Å². The van der Waals surface area contributed by atoms with E-state index < -0.39 is 11.4 Å². The van der Waals surface area contributed by atoms with Gasteiger partial charge in [-0.25, -0.2) is 4.39 Å². The smallest absolute Gasteiger partial charge is 0.269 e. The van der Waals surface area contributed by atoms with Gasteiger partial charge in [-0.15, -0.1) is 0 Å². The standard InChI is InChI=1S/C14H10ClFN2O/c1-2-18-7-6-9(10(8-17)14(18)19)13-11(15)4-3-5-12(13)16/h3-7H,2H2,1H3. The molecule has 1 aromatic heterocycles. The molecule has 0 unspecified atom stereocenters. The number of halogens is 2. The predicted octanol–water partition coefficient (Wildman–Crippen LogP) is 3.20. The molecular weight excluding hydrogens is 267 g/mol. The molecule has 3 nitrogen and oxygen atoms in total. The van der Waals surface area contributed by atoms with Gasteiger partial charge >= 0.3 is 0 Å². The SMILES string of the molecule is CCn1ccc(-c2c(F)cccc2Cl)c(C#N)c1=O. The Bertz CT molecular complexity index is 711. The van der Waals surface area contributed by atoms with Gasteiger partial charge in [0.15, 0.2) is 0 Å². The van der Waals surface area contributed by atoms with E-state index in [0.717, 1.165) is 0 Å². The maximum atomic E-state index is 13.9. The van der Waals surface area contributed by atoms with Crippen LogP contribution in [-0.2, 0) is 6.54 Å². The minimum absolute atomic E-state index is 0.0843. The topological polar surface area (TPSA) is 45.8 Å². The van der Waals surface area contributed by atoms with Crippen LogP contribution in [0.25, 0.3) is 11.1 Å². The van der Waals surface area contributed by atoms with Crippen molar-refractivity contribution in [3.63, 3.8) is 0 Å². The van der Waals surface area contributed by atoms with E-state index in [1.54, 1.807) is 6.92 Å². The largest absolute Gasteiger partial charge is 0.315 e. The van der Waals surface area contributed by atoms with Crippen molar-refractivity contribution >= 4 is 11.6 Å². The lowest BCUT2D eigenvalue weighted by molar-refractivity contribution is 0.631. The van der Waals surface area contributed by atoms with Crippen LogP contribution in [0, 0.1) is 17.1 Å². The quantitative estimate of drug-likeness (QED) is 0.845. The highest BCUT2D eigenvalue weighted by Gasteiger charge is 2.16. The van der Waals surface area contributed by atoms with E-state index in [1.165, 1.54) is 35.0 Å². The molecule has 0 saturated carbocycles. The van der Waals surface area contributed by atoms with E-state index in [-0.39, 0.29) is 21.7 Å². The van der Waals surface area contributed by atoms with Gasteiger partial charge in [-0.3, -0.25) is 4.79 Å². The minimum Gasteiger partial charge on any atom is -0.315 e. The first kappa shape index (κ1) is 13.3. The molecule has 0 bridgehead atoms. The summed E-state index contributed by atoms with van der Waals surface area (Å²) < 4.78 is 15.2. The zero-order valence-corrected chi connectivity index (χ0v) is 10.9. The summed E-state index contributed by atoms with van der Waals surface area (Å²) in [7, 11) is 0. The maximum absolute atomic E-state index is 13.9. The van der Waals surface area contributed by atoms with E-state index in [1.807, 2.05) is 6.07 Å². The van der Waals surface area contributed by atoms with Crippen LogP contribution in [0.2, 0.25) is 5.02 Å². The van der Waals surface area contributed by atoms with Gasteiger partial charge in [0.25, 0.3) is 5.56 Å². The average molecular weight is 277 g/mol. The second-order valence-electron chi connectivity index (χ2n) is 3.90. The van der Waals surface area contributed by atoms with Gasteiger partial charge in [-0.2, -0.15) is 5.26 Å². The fraction of sp³-hybridized carbons (Fsp3) is 0.143. The highest BCUT2D eigenvalue weighted by molar-refractivity contribution is 6.33. The third-order valence-electron chi connectivity index (χ3n) is 2.85.